The fourth-order valence-electron chi connectivity index (χ4n) is 2.65. The van der Waals surface area contributed by atoms with Crippen LogP contribution in [0.2, 0.25) is 0 Å². The third kappa shape index (κ3) is 2.55. The molecule has 1 atom stereocenters. The van der Waals surface area contributed by atoms with Gasteiger partial charge in [-0.1, -0.05) is 18.9 Å². The lowest BCUT2D eigenvalue weighted by molar-refractivity contribution is 0.353. The van der Waals surface area contributed by atoms with Crippen molar-refractivity contribution in [2.24, 2.45) is 11.7 Å². The zero-order chi connectivity index (χ0) is 12.3. The molecule has 0 heterocycles. The molecule has 17 heavy (non-hydrogen) atoms. The van der Waals surface area contributed by atoms with Crippen LogP contribution in [0.4, 0.5) is 0 Å². The fraction of sp³-hybridized carbons (Fsp3) is 0.571. The lowest BCUT2D eigenvalue weighted by atomic mass is 9.92. The first-order chi connectivity index (χ1) is 8.26. The summed E-state index contributed by atoms with van der Waals surface area (Å²) in [5, 5.41) is 0. The number of rotatable bonds is 4. The second kappa shape index (κ2) is 5.41. The van der Waals surface area contributed by atoms with Crippen LogP contribution in [0.5, 0.6) is 11.5 Å². The molecule has 1 unspecified atom stereocenters. The molecule has 0 bridgehead atoms. The van der Waals surface area contributed by atoms with Crippen LogP contribution >= 0.6 is 0 Å². The predicted molar refractivity (Wildman–Crippen MR) is 68.4 cm³/mol. The molecule has 1 fully saturated rings. The standard InChI is InChI=1S/C14H21NO2/c1-16-12-8-7-11(9-13(12)17-2)14(15)10-5-3-4-6-10/h7-10,14H,3-6,15H2,1-2H3. The molecule has 3 heteroatoms. The normalized spacial score (nSPS) is 18.1. The number of ether oxygens (including phenoxy) is 2. The highest BCUT2D eigenvalue weighted by atomic mass is 16.5. The van der Waals surface area contributed by atoms with Gasteiger partial charge in [0.2, 0.25) is 0 Å². The third-order valence-corrected chi connectivity index (χ3v) is 3.70. The first-order valence-electron chi connectivity index (χ1n) is 6.23. The van der Waals surface area contributed by atoms with Crippen LogP contribution < -0.4 is 15.2 Å². The van der Waals surface area contributed by atoms with Gasteiger partial charge in [-0.05, 0) is 36.5 Å². The average molecular weight is 235 g/mol. The molecule has 0 saturated heterocycles. The average Bonchev–Trinajstić information content (AvgIpc) is 2.90. The summed E-state index contributed by atoms with van der Waals surface area (Å²) < 4.78 is 10.5. The molecule has 1 saturated carbocycles. The Bertz CT molecular complexity index is 372. The molecular weight excluding hydrogens is 214 g/mol. The Balaban J connectivity index is 2.20. The lowest BCUT2D eigenvalue weighted by Gasteiger charge is -2.20. The molecule has 0 amide bonds. The molecule has 1 aromatic rings. The van der Waals surface area contributed by atoms with E-state index in [0.29, 0.717) is 5.92 Å². The van der Waals surface area contributed by atoms with E-state index in [9.17, 15) is 0 Å². The Hall–Kier alpha value is -1.22. The van der Waals surface area contributed by atoms with Gasteiger partial charge in [-0.15, -0.1) is 0 Å². The van der Waals surface area contributed by atoms with E-state index in [4.69, 9.17) is 15.2 Å². The summed E-state index contributed by atoms with van der Waals surface area (Å²) in [6, 6.07) is 6.10. The molecule has 0 aliphatic heterocycles. The topological polar surface area (TPSA) is 44.5 Å². The van der Waals surface area contributed by atoms with Gasteiger partial charge in [-0.2, -0.15) is 0 Å². The van der Waals surface area contributed by atoms with Crippen LogP contribution in [0.3, 0.4) is 0 Å². The molecule has 94 valence electrons. The van der Waals surface area contributed by atoms with Gasteiger partial charge in [0.15, 0.2) is 11.5 Å². The van der Waals surface area contributed by atoms with Crippen molar-refractivity contribution >= 4 is 0 Å². The van der Waals surface area contributed by atoms with Crippen molar-refractivity contribution in [2.75, 3.05) is 14.2 Å². The number of methoxy groups -OCH3 is 2. The van der Waals surface area contributed by atoms with Crippen molar-refractivity contribution in [3.05, 3.63) is 23.8 Å². The summed E-state index contributed by atoms with van der Waals surface area (Å²) in [6.07, 6.45) is 5.11. The summed E-state index contributed by atoms with van der Waals surface area (Å²) >= 11 is 0. The summed E-state index contributed by atoms with van der Waals surface area (Å²) in [5.74, 6) is 2.14. The van der Waals surface area contributed by atoms with Crippen LogP contribution in [-0.2, 0) is 0 Å². The van der Waals surface area contributed by atoms with Crippen LogP contribution in [0.25, 0.3) is 0 Å². The third-order valence-electron chi connectivity index (χ3n) is 3.70. The zero-order valence-corrected chi connectivity index (χ0v) is 10.6. The van der Waals surface area contributed by atoms with E-state index in [1.807, 2.05) is 18.2 Å². The van der Waals surface area contributed by atoms with E-state index >= 15 is 0 Å². The highest BCUT2D eigenvalue weighted by Crippen LogP contribution is 2.37. The fourth-order valence-corrected chi connectivity index (χ4v) is 2.65. The highest BCUT2D eigenvalue weighted by molar-refractivity contribution is 5.43. The Kier molecular flexibility index (Phi) is 3.89. The van der Waals surface area contributed by atoms with Crippen LogP contribution in [0.15, 0.2) is 18.2 Å². The minimum absolute atomic E-state index is 0.123. The van der Waals surface area contributed by atoms with Gasteiger partial charge in [0.1, 0.15) is 0 Å². The molecule has 1 aromatic carbocycles. The number of hydrogen-bond donors (Lipinski definition) is 1. The molecule has 1 aliphatic carbocycles. The first-order valence-corrected chi connectivity index (χ1v) is 6.23. The lowest BCUT2D eigenvalue weighted by Crippen LogP contribution is -2.19. The van der Waals surface area contributed by atoms with E-state index in [2.05, 4.69) is 0 Å². The van der Waals surface area contributed by atoms with Crippen molar-refractivity contribution < 1.29 is 9.47 Å². The maximum atomic E-state index is 6.32. The maximum absolute atomic E-state index is 6.32. The van der Waals surface area contributed by atoms with E-state index < -0.39 is 0 Å². The van der Waals surface area contributed by atoms with Crippen molar-refractivity contribution in [2.45, 2.75) is 31.7 Å². The molecule has 0 aromatic heterocycles. The second-order valence-electron chi connectivity index (χ2n) is 4.68. The SMILES string of the molecule is COc1ccc(C(N)C2CCCC2)cc1OC. The van der Waals surface area contributed by atoms with Crippen LogP contribution in [-0.4, -0.2) is 14.2 Å². The molecule has 3 nitrogen and oxygen atoms in total. The summed E-state index contributed by atoms with van der Waals surface area (Å²) in [4.78, 5) is 0. The van der Waals surface area contributed by atoms with E-state index in [0.717, 1.165) is 17.1 Å². The molecule has 2 N–H and O–H groups in total. The largest absolute Gasteiger partial charge is 0.493 e. The van der Waals surface area contributed by atoms with Crippen molar-refractivity contribution in [3.8, 4) is 11.5 Å². The minimum Gasteiger partial charge on any atom is -0.493 e. The molecule has 0 radical (unpaired) electrons. The highest BCUT2D eigenvalue weighted by Gasteiger charge is 2.23. The van der Waals surface area contributed by atoms with Gasteiger partial charge >= 0.3 is 0 Å². The summed E-state index contributed by atoms with van der Waals surface area (Å²) in [6.45, 7) is 0. The Morgan fingerprint density at radius 2 is 1.76 bits per heavy atom. The monoisotopic (exact) mass is 235 g/mol. The molecule has 0 spiro atoms. The Labute approximate surface area is 103 Å². The van der Waals surface area contributed by atoms with E-state index in [-0.39, 0.29) is 6.04 Å². The zero-order valence-electron chi connectivity index (χ0n) is 10.6. The van der Waals surface area contributed by atoms with E-state index in [1.165, 1.54) is 25.7 Å². The van der Waals surface area contributed by atoms with Crippen molar-refractivity contribution in [1.29, 1.82) is 0 Å². The maximum Gasteiger partial charge on any atom is 0.161 e. The van der Waals surface area contributed by atoms with Gasteiger partial charge < -0.3 is 15.2 Å². The van der Waals surface area contributed by atoms with Crippen molar-refractivity contribution in [1.82, 2.24) is 0 Å². The predicted octanol–water partition coefficient (Wildman–Crippen LogP) is 2.89. The van der Waals surface area contributed by atoms with E-state index in [1.54, 1.807) is 14.2 Å². The minimum atomic E-state index is 0.123. The van der Waals surface area contributed by atoms with Gasteiger partial charge in [-0.3, -0.25) is 0 Å². The Morgan fingerprint density at radius 1 is 1.12 bits per heavy atom. The summed E-state index contributed by atoms with van der Waals surface area (Å²) in [7, 11) is 3.30. The molecular formula is C14H21NO2. The van der Waals surface area contributed by atoms with Crippen molar-refractivity contribution in [3.63, 3.8) is 0 Å². The van der Waals surface area contributed by atoms with Gasteiger partial charge in [0, 0.05) is 6.04 Å². The summed E-state index contributed by atoms with van der Waals surface area (Å²) in [5.41, 5.74) is 7.47. The molecule has 2 rings (SSSR count). The van der Waals surface area contributed by atoms with Gasteiger partial charge in [-0.25, -0.2) is 0 Å². The number of benzene rings is 1. The van der Waals surface area contributed by atoms with Gasteiger partial charge in [0.25, 0.3) is 0 Å². The van der Waals surface area contributed by atoms with Crippen LogP contribution in [0, 0.1) is 5.92 Å². The second-order valence-corrected chi connectivity index (χ2v) is 4.68. The Morgan fingerprint density at radius 3 is 2.35 bits per heavy atom. The van der Waals surface area contributed by atoms with Gasteiger partial charge in [0.05, 0.1) is 14.2 Å². The first kappa shape index (κ1) is 12.2. The smallest absolute Gasteiger partial charge is 0.161 e. The number of hydrogen-bond acceptors (Lipinski definition) is 3. The molecule has 1 aliphatic rings. The quantitative estimate of drug-likeness (QED) is 0.872. The van der Waals surface area contributed by atoms with Crippen LogP contribution in [0.1, 0.15) is 37.3 Å². The number of nitrogens with two attached hydrogens (primary N) is 1.